The Kier molecular flexibility index (Phi) is 38.0. The molecule has 0 spiro atoms. The van der Waals surface area contributed by atoms with E-state index in [0.29, 0.717) is 25.9 Å². The van der Waals surface area contributed by atoms with Crippen molar-refractivity contribution in [1.82, 2.24) is 4.90 Å². The number of esters is 1. The maximum atomic E-state index is 12.7. The summed E-state index contributed by atoms with van der Waals surface area (Å²) in [7, 11) is 0. The Balaban J connectivity index is 4.34. The van der Waals surface area contributed by atoms with Gasteiger partial charge in [0.2, 0.25) is 0 Å². The molecule has 0 aromatic carbocycles. The van der Waals surface area contributed by atoms with Crippen LogP contribution >= 0.6 is 0 Å². The third kappa shape index (κ3) is 35.5. The Morgan fingerprint density at radius 2 is 0.857 bits per heavy atom. The van der Waals surface area contributed by atoms with Crippen LogP contribution in [0.2, 0.25) is 0 Å². The fraction of sp³-hybridized carbons (Fsp3) is 0.977. The molecule has 0 amide bonds. The van der Waals surface area contributed by atoms with Crippen LogP contribution in [0.5, 0.6) is 0 Å². The zero-order valence-electron chi connectivity index (χ0n) is 33.3. The second-order valence-electron chi connectivity index (χ2n) is 15.3. The molecular weight excluding hydrogens is 610 g/mol. The van der Waals surface area contributed by atoms with Gasteiger partial charge < -0.3 is 20.1 Å². The van der Waals surface area contributed by atoms with E-state index >= 15 is 0 Å². The van der Waals surface area contributed by atoms with Gasteiger partial charge in [0, 0.05) is 26.1 Å². The van der Waals surface area contributed by atoms with Crippen molar-refractivity contribution in [2.24, 2.45) is 0 Å². The number of aliphatic hydroxyl groups excluding tert-OH is 3. The van der Waals surface area contributed by atoms with Crippen LogP contribution in [0.1, 0.15) is 226 Å². The summed E-state index contributed by atoms with van der Waals surface area (Å²) in [5, 5.41) is 30.8. The molecule has 6 heteroatoms. The molecule has 0 saturated carbocycles. The number of nitrogens with zero attached hydrogens (tertiary/aromatic N) is 1. The Hall–Kier alpha value is -0.690. The minimum atomic E-state index is -0.440. The van der Waals surface area contributed by atoms with Crippen LogP contribution in [0.15, 0.2) is 0 Å². The molecule has 0 rings (SSSR count). The fourth-order valence-electron chi connectivity index (χ4n) is 6.99. The second-order valence-corrected chi connectivity index (χ2v) is 15.3. The van der Waals surface area contributed by atoms with Crippen LogP contribution in [0, 0.1) is 0 Å². The van der Waals surface area contributed by atoms with Crippen molar-refractivity contribution in [3.8, 4) is 0 Å². The first kappa shape index (κ1) is 48.3. The molecule has 2 unspecified atom stereocenters. The van der Waals surface area contributed by atoms with Crippen LogP contribution in [0.25, 0.3) is 0 Å². The molecule has 294 valence electrons. The molecule has 0 radical (unpaired) electrons. The lowest BCUT2D eigenvalue weighted by Crippen LogP contribution is -2.38. The van der Waals surface area contributed by atoms with E-state index in [0.717, 1.165) is 77.2 Å². The molecule has 0 aliphatic rings. The second kappa shape index (κ2) is 38.5. The summed E-state index contributed by atoms with van der Waals surface area (Å²) in [6.45, 7) is 8.88. The van der Waals surface area contributed by atoms with Crippen LogP contribution in [-0.4, -0.2) is 70.7 Å². The van der Waals surface area contributed by atoms with E-state index in [1.165, 1.54) is 122 Å². The lowest BCUT2D eigenvalue weighted by molar-refractivity contribution is -0.150. The van der Waals surface area contributed by atoms with Crippen LogP contribution in [0.4, 0.5) is 0 Å². The van der Waals surface area contributed by atoms with Gasteiger partial charge in [0.15, 0.2) is 0 Å². The number of hydrogen-bond acceptors (Lipinski definition) is 6. The lowest BCUT2D eigenvalue weighted by atomic mass is 10.0. The molecule has 0 aromatic rings. The molecule has 6 nitrogen and oxygen atoms in total. The Morgan fingerprint density at radius 3 is 1.27 bits per heavy atom. The molecule has 0 saturated heterocycles. The number of hydrogen-bond donors (Lipinski definition) is 3. The van der Waals surface area contributed by atoms with Crippen molar-refractivity contribution in [2.45, 2.75) is 245 Å². The van der Waals surface area contributed by atoms with Crippen molar-refractivity contribution in [3.63, 3.8) is 0 Å². The molecule has 49 heavy (non-hydrogen) atoms. The molecule has 2 atom stereocenters. The zero-order valence-corrected chi connectivity index (χ0v) is 33.3. The topological polar surface area (TPSA) is 90.2 Å². The number of ether oxygens (including phenoxy) is 1. The average molecular weight is 698 g/mol. The summed E-state index contributed by atoms with van der Waals surface area (Å²) in [6.07, 6.45) is 35.6. The van der Waals surface area contributed by atoms with E-state index in [1.54, 1.807) is 0 Å². The normalized spacial score (nSPS) is 13.1. The maximum absolute atomic E-state index is 12.7. The van der Waals surface area contributed by atoms with Gasteiger partial charge in [0.1, 0.15) is 6.10 Å². The van der Waals surface area contributed by atoms with E-state index in [1.807, 2.05) is 0 Å². The predicted octanol–water partition coefficient (Wildman–Crippen LogP) is 11.5. The fourth-order valence-corrected chi connectivity index (χ4v) is 6.99. The van der Waals surface area contributed by atoms with Crippen LogP contribution < -0.4 is 0 Å². The van der Waals surface area contributed by atoms with E-state index in [9.17, 15) is 20.1 Å². The highest BCUT2D eigenvalue weighted by atomic mass is 16.5. The molecule has 0 fully saturated rings. The SMILES string of the molecule is CCCCCCCCCCCCC(O)CN(CCCCO)CC(O)CCCCCC(=O)OC(CCCCCCCC)CCCCCCCC. The zero-order chi connectivity index (χ0) is 36.0. The highest BCUT2D eigenvalue weighted by Crippen LogP contribution is 2.19. The molecule has 0 aliphatic carbocycles. The van der Waals surface area contributed by atoms with Crippen molar-refractivity contribution < 1.29 is 24.9 Å². The molecule has 0 aliphatic heterocycles. The summed E-state index contributed by atoms with van der Waals surface area (Å²) in [6, 6.07) is 0. The van der Waals surface area contributed by atoms with Gasteiger partial charge in [-0.3, -0.25) is 9.69 Å². The van der Waals surface area contributed by atoms with E-state index in [4.69, 9.17) is 4.74 Å². The molecular formula is C43H87NO5. The minimum Gasteiger partial charge on any atom is -0.462 e. The predicted molar refractivity (Wildman–Crippen MR) is 210 cm³/mol. The van der Waals surface area contributed by atoms with Gasteiger partial charge in [-0.1, -0.05) is 162 Å². The van der Waals surface area contributed by atoms with Gasteiger partial charge in [0.25, 0.3) is 0 Å². The number of rotatable bonds is 40. The Morgan fingerprint density at radius 1 is 0.490 bits per heavy atom. The number of carbonyl (C=O) groups excluding carboxylic acids is 1. The molecule has 3 N–H and O–H groups in total. The Labute approximate surface area is 305 Å². The first-order chi connectivity index (χ1) is 24.0. The molecule has 0 bridgehead atoms. The molecule has 0 heterocycles. The minimum absolute atomic E-state index is 0.0473. The lowest BCUT2D eigenvalue weighted by Gasteiger charge is -2.27. The highest BCUT2D eigenvalue weighted by Gasteiger charge is 2.17. The van der Waals surface area contributed by atoms with Crippen molar-refractivity contribution in [3.05, 3.63) is 0 Å². The van der Waals surface area contributed by atoms with E-state index in [-0.39, 0.29) is 24.8 Å². The first-order valence-corrected chi connectivity index (χ1v) is 21.8. The van der Waals surface area contributed by atoms with Crippen molar-refractivity contribution in [2.75, 3.05) is 26.2 Å². The summed E-state index contributed by atoms with van der Waals surface area (Å²) in [4.78, 5) is 14.9. The third-order valence-electron chi connectivity index (χ3n) is 10.2. The highest BCUT2D eigenvalue weighted by molar-refractivity contribution is 5.69. The van der Waals surface area contributed by atoms with Gasteiger partial charge >= 0.3 is 5.97 Å². The smallest absolute Gasteiger partial charge is 0.306 e. The van der Waals surface area contributed by atoms with Crippen LogP contribution in [0.3, 0.4) is 0 Å². The number of aliphatic hydroxyl groups is 3. The standard InChI is InChI=1S/C43H87NO5/c1-4-7-10-13-16-17-18-19-20-24-31-40(46)38-44(36-29-30-37-45)39-41(47)32-25-23-28-35-43(48)49-42(33-26-21-14-11-8-5-2)34-27-22-15-12-9-6-3/h40-42,45-47H,4-39H2,1-3H3. The average Bonchev–Trinajstić information content (AvgIpc) is 3.08. The monoisotopic (exact) mass is 698 g/mol. The summed E-state index contributed by atoms with van der Waals surface area (Å²) < 4.78 is 6.00. The first-order valence-electron chi connectivity index (χ1n) is 21.8. The van der Waals surface area contributed by atoms with Gasteiger partial charge in [0.05, 0.1) is 12.2 Å². The third-order valence-corrected chi connectivity index (χ3v) is 10.2. The Bertz CT molecular complexity index is 646. The van der Waals surface area contributed by atoms with E-state index < -0.39 is 6.10 Å². The maximum Gasteiger partial charge on any atom is 0.306 e. The van der Waals surface area contributed by atoms with Gasteiger partial charge in [-0.05, 0) is 64.3 Å². The van der Waals surface area contributed by atoms with Crippen LogP contribution in [-0.2, 0) is 9.53 Å². The van der Waals surface area contributed by atoms with Gasteiger partial charge in [-0.15, -0.1) is 0 Å². The largest absolute Gasteiger partial charge is 0.462 e. The van der Waals surface area contributed by atoms with Gasteiger partial charge in [-0.25, -0.2) is 0 Å². The summed E-state index contributed by atoms with van der Waals surface area (Å²) >= 11 is 0. The van der Waals surface area contributed by atoms with Crippen molar-refractivity contribution in [1.29, 1.82) is 0 Å². The number of carbonyl (C=O) groups is 1. The van der Waals surface area contributed by atoms with E-state index in [2.05, 4.69) is 25.7 Å². The molecule has 0 aromatic heterocycles. The number of unbranched alkanes of at least 4 members (excludes halogenated alkanes) is 22. The van der Waals surface area contributed by atoms with Crippen molar-refractivity contribution >= 4 is 5.97 Å². The van der Waals surface area contributed by atoms with Gasteiger partial charge in [-0.2, -0.15) is 0 Å². The quantitative estimate of drug-likeness (QED) is 0.0436. The summed E-state index contributed by atoms with van der Waals surface area (Å²) in [5.41, 5.74) is 0. The summed E-state index contributed by atoms with van der Waals surface area (Å²) in [5.74, 6) is -0.0473.